The van der Waals surface area contributed by atoms with Crippen molar-refractivity contribution in [2.75, 3.05) is 6.54 Å². The molecule has 0 atom stereocenters. The Bertz CT molecular complexity index is 1480. The Labute approximate surface area is 237 Å². The number of carbonyl (C=O) groups is 2. The van der Waals surface area contributed by atoms with E-state index in [1.165, 1.54) is 0 Å². The number of aromatic nitrogens is 1. The van der Waals surface area contributed by atoms with E-state index in [9.17, 15) is 9.59 Å². The number of carbonyl (C=O) groups excluding carboxylic acids is 2. The summed E-state index contributed by atoms with van der Waals surface area (Å²) in [4.78, 5) is 33.0. The van der Waals surface area contributed by atoms with Crippen LogP contribution in [0.5, 0.6) is 5.75 Å². The molecule has 0 spiro atoms. The van der Waals surface area contributed by atoms with Gasteiger partial charge in [-0.3, -0.25) is 9.78 Å². The van der Waals surface area contributed by atoms with Gasteiger partial charge in [0.05, 0.1) is 23.3 Å². The number of hydrogen-bond donors (Lipinski definition) is 0. The van der Waals surface area contributed by atoms with Gasteiger partial charge in [-0.05, 0) is 74.2 Å². The van der Waals surface area contributed by atoms with Crippen molar-refractivity contribution in [3.05, 3.63) is 107 Å². The van der Waals surface area contributed by atoms with Crippen LogP contribution in [0.1, 0.15) is 73.5 Å². The zero-order valence-electron chi connectivity index (χ0n) is 24.2. The van der Waals surface area contributed by atoms with Gasteiger partial charge in [-0.15, -0.1) is 0 Å². The number of ether oxygens (including phenoxy) is 2. The highest BCUT2D eigenvalue weighted by Crippen LogP contribution is 2.24. The molecule has 0 fully saturated rings. The number of rotatable bonds is 8. The molecule has 208 valence electrons. The molecule has 1 aromatic heterocycles. The lowest BCUT2D eigenvalue weighted by Gasteiger charge is -2.30. The molecule has 0 N–H and O–H groups in total. The number of benzene rings is 3. The number of hydrogen-bond acceptors (Lipinski definition) is 5. The number of nitrogens with zero attached hydrogens (tertiary/aromatic N) is 2. The molecule has 1 amide bonds. The number of esters is 1. The van der Waals surface area contributed by atoms with Gasteiger partial charge in [0.1, 0.15) is 18.0 Å². The number of amides is 1. The smallest absolute Gasteiger partial charge is 0.338 e. The van der Waals surface area contributed by atoms with Crippen LogP contribution in [0, 0.1) is 5.41 Å². The fourth-order valence-electron chi connectivity index (χ4n) is 4.33. The van der Waals surface area contributed by atoms with E-state index in [2.05, 4.69) is 20.8 Å². The molecule has 3 aromatic carbocycles. The maximum atomic E-state index is 13.7. The van der Waals surface area contributed by atoms with Gasteiger partial charge in [0.15, 0.2) is 0 Å². The fourth-order valence-corrected chi connectivity index (χ4v) is 4.33. The average molecular weight is 539 g/mol. The van der Waals surface area contributed by atoms with Crippen LogP contribution in [-0.2, 0) is 17.9 Å². The van der Waals surface area contributed by atoms with Crippen molar-refractivity contribution in [2.24, 2.45) is 5.41 Å². The van der Waals surface area contributed by atoms with E-state index in [0.717, 1.165) is 27.9 Å². The predicted octanol–water partition coefficient (Wildman–Crippen LogP) is 7.46. The molecule has 0 bridgehead atoms. The zero-order valence-corrected chi connectivity index (χ0v) is 24.2. The molecule has 6 heteroatoms. The topological polar surface area (TPSA) is 68.7 Å². The van der Waals surface area contributed by atoms with E-state index < -0.39 is 11.6 Å². The van der Waals surface area contributed by atoms with Crippen molar-refractivity contribution in [2.45, 2.75) is 60.3 Å². The summed E-state index contributed by atoms with van der Waals surface area (Å²) in [7, 11) is 0. The van der Waals surface area contributed by atoms with E-state index in [0.29, 0.717) is 30.8 Å². The van der Waals surface area contributed by atoms with Crippen molar-refractivity contribution in [1.82, 2.24) is 9.88 Å². The van der Waals surface area contributed by atoms with Gasteiger partial charge in [-0.25, -0.2) is 4.79 Å². The van der Waals surface area contributed by atoms with Gasteiger partial charge in [0.2, 0.25) is 0 Å². The number of pyridine rings is 1. The monoisotopic (exact) mass is 538 g/mol. The van der Waals surface area contributed by atoms with Crippen LogP contribution < -0.4 is 4.74 Å². The molecule has 4 aromatic rings. The molecule has 4 rings (SSSR count). The normalized spacial score (nSPS) is 11.8. The molecule has 0 aliphatic carbocycles. The first-order chi connectivity index (χ1) is 18.9. The lowest BCUT2D eigenvalue weighted by atomic mass is 9.95. The Kier molecular flexibility index (Phi) is 8.58. The van der Waals surface area contributed by atoms with Gasteiger partial charge in [0.25, 0.3) is 5.91 Å². The van der Waals surface area contributed by atoms with Crippen LogP contribution in [0.4, 0.5) is 0 Å². The Balaban J connectivity index is 1.53. The fraction of sp³-hybridized carbons (Fsp3) is 0.324. The van der Waals surface area contributed by atoms with Gasteiger partial charge in [-0.1, -0.05) is 63.2 Å². The first-order valence-corrected chi connectivity index (χ1v) is 13.6. The average Bonchev–Trinajstić information content (AvgIpc) is 2.90. The maximum absolute atomic E-state index is 13.7. The highest BCUT2D eigenvalue weighted by atomic mass is 16.6. The third-order valence-corrected chi connectivity index (χ3v) is 6.02. The summed E-state index contributed by atoms with van der Waals surface area (Å²) in [5.41, 5.74) is 2.76. The SMILES string of the molecule is CC(C)(C)CN(Cc1ccc2cc(OCc3ccccc3)ccc2n1)C(=O)c1cccc(C(=O)OC(C)(C)C)c1. The van der Waals surface area contributed by atoms with Crippen molar-refractivity contribution in [1.29, 1.82) is 0 Å². The van der Waals surface area contributed by atoms with Crippen LogP contribution in [0.3, 0.4) is 0 Å². The van der Waals surface area contributed by atoms with E-state index >= 15 is 0 Å². The first kappa shape index (κ1) is 28.8. The van der Waals surface area contributed by atoms with E-state index in [4.69, 9.17) is 14.5 Å². The predicted molar refractivity (Wildman–Crippen MR) is 158 cm³/mol. The molecule has 40 heavy (non-hydrogen) atoms. The van der Waals surface area contributed by atoms with E-state index in [1.54, 1.807) is 29.2 Å². The van der Waals surface area contributed by atoms with E-state index in [1.807, 2.05) is 81.4 Å². The minimum Gasteiger partial charge on any atom is -0.489 e. The summed E-state index contributed by atoms with van der Waals surface area (Å²) < 4.78 is 11.5. The highest BCUT2D eigenvalue weighted by Gasteiger charge is 2.25. The van der Waals surface area contributed by atoms with Gasteiger partial charge < -0.3 is 14.4 Å². The maximum Gasteiger partial charge on any atom is 0.338 e. The van der Waals surface area contributed by atoms with Crippen LogP contribution in [0.2, 0.25) is 0 Å². The number of fused-ring (bicyclic) bond motifs is 1. The molecule has 1 heterocycles. The summed E-state index contributed by atoms with van der Waals surface area (Å²) in [5.74, 6) is 0.167. The third kappa shape index (κ3) is 8.15. The van der Waals surface area contributed by atoms with E-state index in [-0.39, 0.29) is 11.3 Å². The molecular formula is C34H38N2O4. The second-order valence-corrected chi connectivity index (χ2v) is 12.2. The van der Waals surface area contributed by atoms with Crippen LogP contribution in [-0.4, -0.2) is 33.9 Å². The molecule has 0 saturated heterocycles. The molecule has 0 aliphatic rings. The second kappa shape index (κ2) is 11.9. The summed E-state index contributed by atoms with van der Waals surface area (Å²) in [6.45, 7) is 13.1. The molecule has 0 radical (unpaired) electrons. The molecule has 6 nitrogen and oxygen atoms in total. The Morgan fingerprint density at radius 2 is 1.52 bits per heavy atom. The summed E-state index contributed by atoms with van der Waals surface area (Å²) in [5, 5.41) is 0.966. The van der Waals surface area contributed by atoms with Crippen molar-refractivity contribution < 1.29 is 19.1 Å². The summed E-state index contributed by atoms with van der Waals surface area (Å²) >= 11 is 0. The van der Waals surface area contributed by atoms with Gasteiger partial charge in [0, 0.05) is 17.5 Å². The molecular weight excluding hydrogens is 500 g/mol. The Morgan fingerprint density at radius 1 is 0.800 bits per heavy atom. The minimum absolute atomic E-state index is 0.139. The van der Waals surface area contributed by atoms with Crippen LogP contribution in [0.25, 0.3) is 10.9 Å². The Hall–Kier alpha value is -4.19. The second-order valence-electron chi connectivity index (χ2n) is 12.2. The summed E-state index contributed by atoms with van der Waals surface area (Å²) in [6.07, 6.45) is 0. The van der Waals surface area contributed by atoms with Crippen molar-refractivity contribution >= 4 is 22.8 Å². The lowest BCUT2D eigenvalue weighted by Crippen LogP contribution is -2.37. The standard InChI is InChI=1S/C34H38N2O4/c1-33(2,3)23-36(31(37)26-13-10-14-27(19-26)32(38)40-34(4,5)6)21-28-16-15-25-20-29(17-18-30(25)35-28)39-22-24-11-8-7-9-12-24/h7-20H,21-23H2,1-6H3. The lowest BCUT2D eigenvalue weighted by molar-refractivity contribution is 0.00694. The van der Waals surface area contributed by atoms with Gasteiger partial charge >= 0.3 is 5.97 Å². The first-order valence-electron chi connectivity index (χ1n) is 13.6. The third-order valence-electron chi connectivity index (χ3n) is 6.02. The summed E-state index contributed by atoms with van der Waals surface area (Å²) in [6, 6.07) is 26.6. The minimum atomic E-state index is -0.619. The highest BCUT2D eigenvalue weighted by molar-refractivity contribution is 5.98. The quantitative estimate of drug-likeness (QED) is 0.218. The molecule has 0 aliphatic heterocycles. The molecule has 0 unspecified atom stereocenters. The van der Waals surface area contributed by atoms with Crippen LogP contribution in [0.15, 0.2) is 84.9 Å². The van der Waals surface area contributed by atoms with Crippen molar-refractivity contribution in [3.8, 4) is 5.75 Å². The molecule has 0 saturated carbocycles. The van der Waals surface area contributed by atoms with Gasteiger partial charge in [-0.2, -0.15) is 0 Å². The zero-order chi connectivity index (χ0) is 28.9. The van der Waals surface area contributed by atoms with Crippen LogP contribution >= 0.6 is 0 Å². The Morgan fingerprint density at radius 3 is 2.23 bits per heavy atom. The van der Waals surface area contributed by atoms with Crippen molar-refractivity contribution in [3.63, 3.8) is 0 Å². The largest absolute Gasteiger partial charge is 0.489 e.